The summed E-state index contributed by atoms with van der Waals surface area (Å²) in [6.07, 6.45) is 3.11. The Labute approximate surface area is 137 Å². The fourth-order valence-electron chi connectivity index (χ4n) is 3.20. The van der Waals surface area contributed by atoms with Crippen LogP contribution in [0, 0.1) is 17.2 Å². The minimum Gasteiger partial charge on any atom is -0.355 e. The van der Waals surface area contributed by atoms with Crippen LogP contribution >= 0.6 is 12.4 Å². The second-order valence-corrected chi connectivity index (χ2v) is 6.78. The third kappa shape index (κ3) is 3.99. The van der Waals surface area contributed by atoms with Gasteiger partial charge in [0.15, 0.2) is 0 Å². The number of hydrogen-bond donors (Lipinski definition) is 2. The van der Waals surface area contributed by atoms with Gasteiger partial charge < -0.3 is 10.6 Å². The number of hydrogen-bond acceptors (Lipinski definition) is 2. The SMILES string of the molecule is CC1(CNC(=O)C2CC2c2ccc(F)cc2)CCNCC1.Cl. The summed E-state index contributed by atoms with van der Waals surface area (Å²) in [5, 5.41) is 6.48. The molecular formula is C17H24ClFN2O. The smallest absolute Gasteiger partial charge is 0.223 e. The number of amides is 1. The summed E-state index contributed by atoms with van der Waals surface area (Å²) in [7, 11) is 0. The predicted octanol–water partition coefficient (Wildman–Crippen LogP) is 2.86. The van der Waals surface area contributed by atoms with Crippen molar-refractivity contribution in [1.82, 2.24) is 10.6 Å². The Morgan fingerprint density at radius 1 is 1.32 bits per heavy atom. The van der Waals surface area contributed by atoms with E-state index in [1.807, 2.05) is 0 Å². The van der Waals surface area contributed by atoms with Crippen molar-refractivity contribution in [2.75, 3.05) is 19.6 Å². The van der Waals surface area contributed by atoms with E-state index in [1.54, 1.807) is 12.1 Å². The van der Waals surface area contributed by atoms with E-state index in [2.05, 4.69) is 17.6 Å². The molecule has 5 heteroatoms. The molecule has 1 aliphatic carbocycles. The van der Waals surface area contributed by atoms with Gasteiger partial charge in [0.2, 0.25) is 5.91 Å². The van der Waals surface area contributed by atoms with Gasteiger partial charge in [0.05, 0.1) is 0 Å². The van der Waals surface area contributed by atoms with Gasteiger partial charge in [0.1, 0.15) is 5.82 Å². The van der Waals surface area contributed by atoms with Crippen LogP contribution in [0.4, 0.5) is 4.39 Å². The quantitative estimate of drug-likeness (QED) is 0.893. The lowest BCUT2D eigenvalue weighted by Gasteiger charge is -2.34. The molecule has 3 nitrogen and oxygen atoms in total. The highest BCUT2D eigenvalue weighted by molar-refractivity contribution is 5.85. The fraction of sp³-hybridized carbons (Fsp3) is 0.588. The molecular weight excluding hydrogens is 303 g/mol. The van der Waals surface area contributed by atoms with Gasteiger partial charge in [-0.05, 0) is 61.4 Å². The molecule has 122 valence electrons. The second kappa shape index (κ2) is 6.97. The third-order valence-corrected chi connectivity index (χ3v) is 4.93. The maximum atomic E-state index is 12.9. The fourth-order valence-corrected chi connectivity index (χ4v) is 3.20. The summed E-state index contributed by atoms with van der Waals surface area (Å²) in [6, 6.07) is 6.53. The number of carbonyl (C=O) groups excluding carboxylic acids is 1. The maximum absolute atomic E-state index is 12.9. The Morgan fingerprint density at radius 2 is 1.95 bits per heavy atom. The molecule has 0 spiro atoms. The van der Waals surface area contributed by atoms with Gasteiger partial charge in [-0.3, -0.25) is 4.79 Å². The van der Waals surface area contributed by atoms with Gasteiger partial charge in [0.25, 0.3) is 0 Å². The lowest BCUT2D eigenvalue weighted by molar-refractivity contribution is -0.123. The van der Waals surface area contributed by atoms with Crippen LogP contribution in [0.1, 0.15) is 37.7 Å². The van der Waals surface area contributed by atoms with E-state index in [1.165, 1.54) is 12.1 Å². The zero-order valence-corrected chi connectivity index (χ0v) is 13.7. The van der Waals surface area contributed by atoms with Crippen molar-refractivity contribution in [3.8, 4) is 0 Å². The molecule has 1 saturated carbocycles. The summed E-state index contributed by atoms with van der Waals surface area (Å²) >= 11 is 0. The number of halogens is 2. The minimum absolute atomic E-state index is 0. The Balaban J connectivity index is 0.00000176. The van der Waals surface area contributed by atoms with E-state index < -0.39 is 0 Å². The van der Waals surface area contributed by atoms with Crippen molar-refractivity contribution in [2.24, 2.45) is 11.3 Å². The molecule has 0 aromatic heterocycles. The molecule has 2 atom stereocenters. The van der Waals surface area contributed by atoms with E-state index in [9.17, 15) is 9.18 Å². The van der Waals surface area contributed by atoms with E-state index in [-0.39, 0.29) is 41.4 Å². The highest BCUT2D eigenvalue weighted by Gasteiger charge is 2.44. The Bertz CT molecular complexity index is 514. The zero-order valence-electron chi connectivity index (χ0n) is 12.9. The van der Waals surface area contributed by atoms with Crippen LogP contribution in [0.3, 0.4) is 0 Å². The van der Waals surface area contributed by atoms with Crippen molar-refractivity contribution in [1.29, 1.82) is 0 Å². The topological polar surface area (TPSA) is 41.1 Å². The van der Waals surface area contributed by atoms with Crippen molar-refractivity contribution in [3.63, 3.8) is 0 Å². The first-order valence-electron chi connectivity index (χ1n) is 7.81. The number of piperidine rings is 1. The Hall–Kier alpha value is -1.13. The molecule has 0 bridgehead atoms. The van der Waals surface area contributed by atoms with Gasteiger partial charge in [-0.15, -0.1) is 12.4 Å². The van der Waals surface area contributed by atoms with Crippen LogP contribution in [0.25, 0.3) is 0 Å². The molecule has 22 heavy (non-hydrogen) atoms. The number of nitrogens with one attached hydrogen (secondary N) is 2. The van der Waals surface area contributed by atoms with Crippen LogP contribution < -0.4 is 10.6 Å². The molecule has 1 aromatic carbocycles. The molecule has 1 saturated heterocycles. The van der Waals surface area contributed by atoms with Crippen molar-refractivity contribution >= 4 is 18.3 Å². The summed E-state index contributed by atoms with van der Waals surface area (Å²) in [6.45, 7) is 5.08. The molecule has 1 aliphatic heterocycles. The first kappa shape index (κ1) is 17.2. The molecule has 2 fully saturated rings. The van der Waals surface area contributed by atoms with E-state index in [4.69, 9.17) is 0 Å². The Morgan fingerprint density at radius 3 is 2.59 bits per heavy atom. The van der Waals surface area contributed by atoms with Crippen LogP contribution in [-0.2, 0) is 4.79 Å². The summed E-state index contributed by atoms with van der Waals surface area (Å²) < 4.78 is 12.9. The first-order valence-corrected chi connectivity index (χ1v) is 7.81. The largest absolute Gasteiger partial charge is 0.355 e. The van der Waals surface area contributed by atoms with Gasteiger partial charge in [0, 0.05) is 12.5 Å². The average molecular weight is 327 g/mol. The lowest BCUT2D eigenvalue weighted by Crippen LogP contribution is -2.43. The minimum atomic E-state index is -0.223. The van der Waals surface area contributed by atoms with Crippen LogP contribution in [0.5, 0.6) is 0 Å². The first-order chi connectivity index (χ1) is 10.1. The monoisotopic (exact) mass is 326 g/mol. The average Bonchev–Trinajstić information content (AvgIpc) is 3.27. The zero-order chi connectivity index (χ0) is 14.9. The van der Waals surface area contributed by atoms with E-state index in [0.29, 0.717) is 0 Å². The van der Waals surface area contributed by atoms with E-state index in [0.717, 1.165) is 44.5 Å². The molecule has 2 unspecified atom stereocenters. The van der Waals surface area contributed by atoms with Crippen molar-refractivity contribution < 1.29 is 9.18 Å². The van der Waals surface area contributed by atoms with Gasteiger partial charge in [-0.1, -0.05) is 19.1 Å². The van der Waals surface area contributed by atoms with Crippen molar-refractivity contribution in [3.05, 3.63) is 35.6 Å². The molecule has 3 rings (SSSR count). The van der Waals surface area contributed by atoms with Crippen LogP contribution in [0.15, 0.2) is 24.3 Å². The highest BCUT2D eigenvalue weighted by Crippen LogP contribution is 2.47. The third-order valence-electron chi connectivity index (χ3n) is 4.93. The molecule has 1 aromatic rings. The molecule has 2 aliphatic rings. The van der Waals surface area contributed by atoms with Crippen LogP contribution in [0.2, 0.25) is 0 Å². The van der Waals surface area contributed by atoms with Gasteiger partial charge in [-0.25, -0.2) is 4.39 Å². The molecule has 1 heterocycles. The van der Waals surface area contributed by atoms with E-state index >= 15 is 0 Å². The van der Waals surface area contributed by atoms with Gasteiger partial charge in [-0.2, -0.15) is 0 Å². The molecule has 2 N–H and O–H groups in total. The normalized spacial score (nSPS) is 25.9. The number of carbonyl (C=O) groups is 1. The number of rotatable bonds is 4. The number of benzene rings is 1. The van der Waals surface area contributed by atoms with Crippen molar-refractivity contribution in [2.45, 2.75) is 32.1 Å². The second-order valence-electron chi connectivity index (χ2n) is 6.78. The summed E-state index contributed by atoms with van der Waals surface area (Å²) in [4.78, 5) is 12.2. The maximum Gasteiger partial charge on any atom is 0.223 e. The molecule has 1 amide bonds. The summed E-state index contributed by atoms with van der Waals surface area (Å²) in [5.41, 5.74) is 1.30. The van der Waals surface area contributed by atoms with Crippen LogP contribution in [-0.4, -0.2) is 25.5 Å². The lowest BCUT2D eigenvalue weighted by atomic mass is 9.81. The highest BCUT2D eigenvalue weighted by atomic mass is 35.5. The molecule has 0 radical (unpaired) electrons. The standard InChI is InChI=1S/C17H23FN2O.ClH/c1-17(6-8-19-9-7-17)11-20-16(21)15-10-14(15)12-2-4-13(18)5-3-12;/h2-5,14-15,19H,6-11H2,1H3,(H,20,21);1H. The summed E-state index contributed by atoms with van der Waals surface area (Å²) in [5.74, 6) is 0.274. The predicted molar refractivity (Wildman–Crippen MR) is 87.7 cm³/mol. The van der Waals surface area contributed by atoms with Gasteiger partial charge >= 0.3 is 0 Å². The Kier molecular flexibility index (Phi) is 5.45.